The number of hydrogen-bond donors (Lipinski definition) is 0. The first-order valence-corrected chi connectivity index (χ1v) is 9.11. The number of benzene rings is 2. The molecule has 1 fully saturated rings. The summed E-state index contributed by atoms with van der Waals surface area (Å²) in [6, 6.07) is 17.7. The average molecular weight is 317 g/mol. The molecule has 2 aliphatic rings. The van der Waals surface area contributed by atoms with Gasteiger partial charge in [0.05, 0.1) is 0 Å². The Bertz CT molecular complexity index is 761. The molecular weight excluding hydrogens is 290 g/mol. The minimum atomic E-state index is 0.412. The molecule has 1 heterocycles. The molecule has 4 rings (SSSR count). The van der Waals surface area contributed by atoms with Gasteiger partial charge in [-0.25, -0.2) is 0 Å². The molecular formula is C23H27N. The Morgan fingerprint density at radius 1 is 1.17 bits per heavy atom. The topological polar surface area (TPSA) is 3.24 Å². The van der Waals surface area contributed by atoms with E-state index in [1.165, 1.54) is 42.6 Å². The van der Waals surface area contributed by atoms with Crippen LogP contribution in [0.3, 0.4) is 0 Å². The van der Waals surface area contributed by atoms with Crippen LogP contribution in [-0.4, -0.2) is 18.0 Å². The SMILES string of the molecule is C=C(C)c1cccc2c1CC[C@@]1(C)CN(Cc3ccccc3)C[C@H]21. The van der Waals surface area contributed by atoms with E-state index in [9.17, 15) is 0 Å². The van der Waals surface area contributed by atoms with Gasteiger partial charge in [-0.05, 0) is 47.4 Å². The molecule has 1 aliphatic heterocycles. The van der Waals surface area contributed by atoms with E-state index in [-0.39, 0.29) is 0 Å². The van der Waals surface area contributed by atoms with Crippen LogP contribution in [-0.2, 0) is 13.0 Å². The fourth-order valence-electron chi connectivity index (χ4n) is 4.87. The molecule has 2 aromatic rings. The summed E-state index contributed by atoms with van der Waals surface area (Å²) >= 11 is 0. The zero-order valence-corrected chi connectivity index (χ0v) is 14.9. The second-order valence-corrected chi connectivity index (χ2v) is 8.02. The van der Waals surface area contributed by atoms with Gasteiger partial charge in [-0.2, -0.15) is 0 Å². The lowest BCUT2D eigenvalue weighted by atomic mass is 9.66. The molecule has 0 bridgehead atoms. The van der Waals surface area contributed by atoms with E-state index >= 15 is 0 Å². The molecule has 2 aromatic carbocycles. The maximum absolute atomic E-state index is 4.20. The Hall–Kier alpha value is -1.86. The second kappa shape index (κ2) is 5.89. The highest BCUT2D eigenvalue weighted by molar-refractivity contribution is 5.66. The minimum absolute atomic E-state index is 0.412. The lowest BCUT2D eigenvalue weighted by Crippen LogP contribution is -2.31. The highest BCUT2D eigenvalue weighted by Gasteiger charge is 2.46. The first kappa shape index (κ1) is 15.7. The first-order valence-electron chi connectivity index (χ1n) is 9.11. The quantitative estimate of drug-likeness (QED) is 0.745. The van der Waals surface area contributed by atoms with Gasteiger partial charge < -0.3 is 0 Å². The third-order valence-corrected chi connectivity index (χ3v) is 6.11. The molecule has 0 radical (unpaired) electrons. The van der Waals surface area contributed by atoms with Crippen molar-refractivity contribution in [1.29, 1.82) is 0 Å². The molecule has 24 heavy (non-hydrogen) atoms. The zero-order chi connectivity index (χ0) is 16.7. The van der Waals surface area contributed by atoms with E-state index in [0.717, 1.165) is 6.54 Å². The van der Waals surface area contributed by atoms with E-state index < -0.39 is 0 Å². The van der Waals surface area contributed by atoms with Crippen molar-refractivity contribution in [2.24, 2.45) is 5.41 Å². The third kappa shape index (κ3) is 2.61. The molecule has 0 spiro atoms. The highest BCUT2D eigenvalue weighted by atomic mass is 15.2. The van der Waals surface area contributed by atoms with Gasteiger partial charge in [-0.15, -0.1) is 0 Å². The van der Waals surface area contributed by atoms with Gasteiger partial charge in [-0.3, -0.25) is 4.90 Å². The molecule has 0 unspecified atom stereocenters. The van der Waals surface area contributed by atoms with Gasteiger partial charge in [0.1, 0.15) is 0 Å². The van der Waals surface area contributed by atoms with E-state index in [1.807, 2.05) is 0 Å². The molecule has 1 nitrogen and oxygen atoms in total. The molecule has 124 valence electrons. The van der Waals surface area contributed by atoms with Gasteiger partial charge in [0.25, 0.3) is 0 Å². The van der Waals surface area contributed by atoms with Crippen molar-refractivity contribution in [3.05, 3.63) is 77.4 Å². The maximum atomic E-state index is 4.20. The monoisotopic (exact) mass is 317 g/mol. The molecule has 1 heteroatoms. The summed E-state index contributed by atoms with van der Waals surface area (Å²) < 4.78 is 0. The lowest BCUT2D eigenvalue weighted by Gasteiger charge is -2.38. The fourth-order valence-corrected chi connectivity index (χ4v) is 4.87. The summed E-state index contributed by atoms with van der Waals surface area (Å²) in [6.45, 7) is 12.3. The van der Waals surface area contributed by atoms with Gasteiger partial charge in [0.15, 0.2) is 0 Å². The summed E-state index contributed by atoms with van der Waals surface area (Å²) in [4.78, 5) is 2.66. The van der Waals surface area contributed by atoms with Crippen molar-refractivity contribution in [1.82, 2.24) is 4.90 Å². The third-order valence-electron chi connectivity index (χ3n) is 6.11. The van der Waals surface area contributed by atoms with Gasteiger partial charge >= 0.3 is 0 Å². The zero-order valence-electron chi connectivity index (χ0n) is 14.9. The smallest absolute Gasteiger partial charge is 0.0234 e. The standard InChI is InChI=1S/C23H27N/c1-17(2)19-10-7-11-21-20(19)12-13-23(3)16-24(15-22(21)23)14-18-8-5-4-6-9-18/h4-11,22H,1,12-16H2,2-3H3/t22-,23+/m1/s1. The van der Waals surface area contributed by atoms with Crippen molar-refractivity contribution in [2.75, 3.05) is 13.1 Å². The summed E-state index contributed by atoms with van der Waals surface area (Å²) in [5, 5.41) is 0. The van der Waals surface area contributed by atoms with Crippen molar-refractivity contribution >= 4 is 5.57 Å². The fraction of sp³-hybridized carbons (Fsp3) is 0.391. The Balaban J connectivity index is 1.64. The number of allylic oxidation sites excluding steroid dienone is 1. The largest absolute Gasteiger partial charge is 0.298 e. The minimum Gasteiger partial charge on any atom is -0.298 e. The van der Waals surface area contributed by atoms with Crippen LogP contribution in [0.2, 0.25) is 0 Å². The number of nitrogens with zero attached hydrogens (tertiary/aromatic N) is 1. The van der Waals surface area contributed by atoms with Gasteiger partial charge in [-0.1, -0.05) is 67.6 Å². The number of hydrogen-bond acceptors (Lipinski definition) is 1. The van der Waals surface area contributed by atoms with Crippen LogP contribution in [0.5, 0.6) is 0 Å². The number of likely N-dealkylation sites (tertiary alicyclic amines) is 1. The summed E-state index contributed by atoms with van der Waals surface area (Å²) in [5.41, 5.74) is 7.57. The molecule has 0 aromatic heterocycles. The predicted octanol–water partition coefficient (Wildman–Crippen LogP) is 5.27. The van der Waals surface area contributed by atoms with Crippen LogP contribution in [0.25, 0.3) is 5.57 Å². The van der Waals surface area contributed by atoms with Crippen LogP contribution >= 0.6 is 0 Å². The van der Waals surface area contributed by atoms with Gasteiger partial charge in [0.2, 0.25) is 0 Å². The van der Waals surface area contributed by atoms with Gasteiger partial charge in [0, 0.05) is 25.6 Å². The Labute approximate surface area is 146 Å². The molecule has 1 aliphatic carbocycles. The summed E-state index contributed by atoms with van der Waals surface area (Å²) in [7, 11) is 0. The first-order chi connectivity index (χ1) is 11.6. The van der Waals surface area contributed by atoms with Crippen molar-refractivity contribution in [3.63, 3.8) is 0 Å². The van der Waals surface area contributed by atoms with Crippen LogP contribution in [0.1, 0.15) is 48.4 Å². The van der Waals surface area contributed by atoms with Crippen LogP contribution in [0.4, 0.5) is 0 Å². The molecule has 0 amide bonds. The summed E-state index contributed by atoms with van der Waals surface area (Å²) in [6.07, 6.45) is 2.49. The van der Waals surface area contributed by atoms with Crippen molar-refractivity contribution in [3.8, 4) is 0 Å². The predicted molar refractivity (Wildman–Crippen MR) is 102 cm³/mol. The van der Waals surface area contributed by atoms with E-state index in [1.54, 1.807) is 11.1 Å². The average Bonchev–Trinajstić information content (AvgIpc) is 2.91. The Kier molecular flexibility index (Phi) is 3.85. The Morgan fingerprint density at radius 2 is 1.96 bits per heavy atom. The number of rotatable bonds is 3. The summed E-state index contributed by atoms with van der Waals surface area (Å²) in [5.74, 6) is 0.657. The van der Waals surface area contributed by atoms with Crippen molar-refractivity contribution in [2.45, 2.75) is 39.2 Å². The van der Waals surface area contributed by atoms with Crippen LogP contribution in [0.15, 0.2) is 55.1 Å². The highest BCUT2D eigenvalue weighted by Crippen LogP contribution is 2.51. The van der Waals surface area contributed by atoms with Crippen molar-refractivity contribution < 1.29 is 0 Å². The number of fused-ring (bicyclic) bond motifs is 3. The Morgan fingerprint density at radius 3 is 2.71 bits per heavy atom. The second-order valence-electron chi connectivity index (χ2n) is 8.02. The van der Waals surface area contributed by atoms with E-state index in [2.05, 4.69) is 73.9 Å². The molecule has 0 saturated carbocycles. The van der Waals surface area contributed by atoms with Crippen LogP contribution in [0, 0.1) is 5.41 Å². The molecule has 2 atom stereocenters. The normalized spacial score (nSPS) is 26.0. The molecule has 0 N–H and O–H groups in total. The maximum Gasteiger partial charge on any atom is 0.0234 e. The van der Waals surface area contributed by atoms with E-state index in [4.69, 9.17) is 0 Å². The molecule has 1 saturated heterocycles. The lowest BCUT2D eigenvalue weighted by molar-refractivity contribution is 0.240. The van der Waals surface area contributed by atoms with E-state index in [0.29, 0.717) is 11.3 Å². The van der Waals surface area contributed by atoms with Crippen LogP contribution < -0.4 is 0 Å².